The molecule has 0 saturated heterocycles. The normalized spacial score (nSPS) is 22.7. The molecule has 2 aromatic carbocycles. The quantitative estimate of drug-likeness (QED) is 0.705. The van der Waals surface area contributed by atoms with Gasteiger partial charge in [0, 0.05) is 12.5 Å². The van der Waals surface area contributed by atoms with Crippen molar-refractivity contribution in [2.45, 2.75) is 52.9 Å². The third-order valence-corrected chi connectivity index (χ3v) is 5.73. The Bertz CT molecular complexity index is 795. The Balaban J connectivity index is 2.03. The van der Waals surface area contributed by atoms with Gasteiger partial charge in [0.2, 0.25) is 0 Å². The molecule has 3 rings (SSSR count). The lowest BCUT2D eigenvalue weighted by Crippen LogP contribution is -2.36. The van der Waals surface area contributed by atoms with Crippen molar-refractivity contribution in [2.75, 3.05) is 6.61 Å². The molecule has 1 aliphatic carbocycles. The number of hydrogen-bond acceptors (Lipinski definition) is 2. The highest BCUT2D eigenvalue weighted by atomic mass is 16.3. The molecule has 0 radical (unpaired) electrons. The van der Waals surface area contributed by atoms with Crippen molar-refractivity contribution in [1.82, 2.24) is 0 Å². The van der Waals surface area contributed by atoms with Gasteiger partial charge in [0.15, 0.2) is 0 Å². The van der Waals surface area contributed by atoms with E-state index in [9.17, 15) is 10.2 Å². The minimum Gasteiger partial charge on any atom is -0.508 e. The van der Waals surface area contributed by atoms with Gasteiger partial charge in [-0.3, -0.25) is 0 Å². The van der Waals surface area contributed by atoms with E-state index >= 15 is 0 Å². The van der Waals surface area contributed by atoms with E-state index in [1.54, 1.807) is 12.1 Å². The van der Waals surface area contributed by atoms with Gasteiger partial charge in [0.05, 0.1) is 0 Å². The van der Waals surface area contributed by atoms with Crippen molar-refractivity contribution in [3.63, 3.8) is 0 Å². The molecule has 0 bridgehead atoms. The summed E-state index contributed by atoms with van der Waals surface area (Å²) in [7, 11) is 0. The lowest BCUT2D eigenvalue weighted by molar-refractivity contribution is 0.131. The highest BCUT2D eigenvalue weighted by Crippen LogP contribution is 2.56. The van der Waals surface area contributed by atoms with Crippen molar-refractivity contribution >= 4 is 6.08 Å². The number of phenolic OH excluding ortho intramolecular Hbond substituents is 1. The van der Waals surface area contributed by atoms with Crippen LogP contribution < -0.4 is 0 Å². The molecule has 1 aliphatic rings. The van der Waals surface area contributed by atoms with Crippen molar-refractivity contribution in [1.29, 1.82) is 0 Å². The summed E-state index contributed by atoms with van der Waals surface area (Å²) in [6.07, 6.45) is 5.27. The Hall–Kier alpha value is -2.06. The molecule has 0 aliphatic heterocycles. The predicted octanol–water partition coefficient (Wildman–Crippen LogP) is 5.94. The molecule has 1 fully saturated rings. The lowest BCUT2D eigenvalue weighted by atomic mass is 9.56. The number of aliphatic hydroxyl groups excluding tert-OH is 1. The largest absolute Gasteiger partial charge is 0.508 e. The number of hydrogen-bond donors (Lipinski definition) is 2. The number of aliphatic hydroxyl groups is 1. The van der Waals surface area contributed by atoms with Gasteiger partial charge in [0.25, 0.3) is 0 Å². The van der Waals surface area contributed by atoms with Crippen molar-refractivity contribution in [2.24, 2.45) is 10.8 Å². The molecule has 2 heteroatoms. The number of allylic oxidation sites excluding steroid dienone is 1. The summed E-state index contributed by atoms with van der Waals surface area (Å²) in [4.78, 5) is 0. The van der Waals surface area contributed by atoms with Crippen LogP contribution in [0.15, 0.2) is 54.1 Å². The van der Waals surface area contributed by atoms with Crippen LogP contribution in [-0.4, -0.2) is 16.8 Å². The highest BCUT2D eigenvalue weighted by Gasteiger charge is 2.43. The summed E-state index contributed by atoms with van der Waals surface area (Å²) in [5.74, 6) is 0.667. The first-order valence-corrected chi connectivity index (χ1v) is 9.89. The Morgan fingerprint density at radius 2 is 1.59 bits per heavy atom. The Labute approximate surface area is 163 Å². The first-order chi connectivity index (χ1) is 12.7. The van der Waals surface area contributed by atoms with Gasteiger partial charge in [0.1, 0.15) is 5.75 Å². The summed E-state index contributed by atoms with van der Waals surface area (Å²) < 4.78 is 0. The number of rotatable bonds is 4. The topological polar surface area (TPSA) is 40.5 Å². The maximum Gasteiger partial charge on any atom is 0.115 e. The maximum absolute atomic E-state index is 9.59. The second-order valence-corrected chi connectivity index (χ2v) is 9.47. The van der Waals surface area contributed by atoms with E-state index in [4.69, 9.17) is 0 Å². The van der Waals surface area contributed by atoms with Gasteiger partial charge in [-0.25, -0.2) is 0 Å². The van der Waals surface area contributed by atoms with Crippen molar-refractivity contribution in [3.8, 4) is 5.75 Å². The van der Waals surface area contributed by atoms with E-state index < -0.39 is 0 Å². The second kappa shape index (κ2) is 7.52. The fourth-order valence-corrected chi connectivity index (χ4v) is 5.14. The van der Waals surface area contributed by atoms with E-state index in [0.717, 1.165) is 12.0 Å². The monoisotopic (exact) mass is 364 g/mol. The molecular formula is C25H32O2. The van der Waals surface area contributed by atoms with Crippen LogP contribution in [0.1, 0.15) is 63.1 Å². The molecule has 2 N–H and O–H groups in total. The number of phenols is 1. The zero-order valence-corrected chi connectivity index (χ0v) is 17.0. The molecule has 0 heterocycles. The van der Waals surface area contributed by atoms with Gasteiger partial charge in [-0.15, -0.1) is 0 Å². The van der Waals surface area contributed by atoms with Crippen LogP contribution in [-0.2, 0) is 6.42 Å². The van der Waals surface area contributed by atoms with E-state index in [0.29, 0.717) is 18.1 Å². The van der Waals surface area contributed by atoms with E-state index in [-0.39, 0.29) is 17.4 Å². The number of aromatic hydroxyl groups is 1. The SMILES string of the molecule is CC1(C)CC(=Cc2ccc(O)cc2)C(c2ccc(CCO)cc2)C(C)(C)C1. The van der Waals surface area contributed by atoms with Crippen molar-refractivity contribution in [3.05, 3.63) is 70.8 Å². The maximum atomic E-state index is 9.59. The van der Waals surface area contributed by atoms with Crippen LogP contribution in [0, 0.1) is 10.8 Å². The first-order valence-electron chi connectivity index (χ1n) is 9.89. The summed E-state index contributed by atoms with van der Waals surface area (Å²) in [6, 6.07) is 16.3. The average molecular weight is 365 g/mol. The molecule has 144 valence electrons. The highest BCUT2D eigenvalue weighted by molar-refractivity contribution is 5.57. The van der Waals surface area contributed by atoms with E-state index in [2.05, 4.69) is 58.0 Å². The summed E-state index contributed by atoms with van der Waals surface area (Å²) in [5, 5.41) is 18.8. The molecule has 2 aromatic rings. The van der Waals surface area contributed by atoms with Crippen LogP contribution in [0.4, 0.5) is 0 Å². The molecule has 1 unspecified atom stereocenters. The first kappa shape index (κ1) is 19.7. The predicted molar refractivity (Wildman–Crippen MR) is 113 cm³/mol. The average Bonchev–Trinajstić information content (AvgIpc) is 2.56. The summed E-state index contributed by atoms with van der Waals surface area (Å²) >= 11 is 0. The van der Waals surface area contributed by atoms with Gasteiger partial charge in [-0.05, 0) is 58.9 Å². The molecule has 1 atom stereocenters. The minimum atomic E-state index is 0.156. The van der Waals surface area contributed by atoms with Crippen LogP contribution in [0.3, 0.4) is 0 Å². The zero-order valence-electron chi connectivity index (χ0n) is 17.0. The van der Waals surface area contributed by atoms with Gasteiger partial charge in [-0.2, -0.15) is 0 Å². The molecule has 0 spiro atoms. The lowest BCUT2D eigenvalue weighted by Gasteiger charge is -2.48. The molecule has 27 heavy (non-hydrogen) atoms. The van der Waals surface area contributed by atoms with Crippen molar-refractivity contribution < 1.29 is 10.2 Å². The zero-order chi connectivity index (χ0) is 19.7. The smallest absolute Gasteiger partial charge is 0.115 e. The third kappa shape index (κ3) is 4.62. The minimum absolute atomic E-state index is 0.156. The second-order valence-electron chi connectivity index (χ2n) is 9.47. The summed E-state index contributed by atoms with van der Waals surface area (Å²) in [6.45, 7) is 9.67. The third-order valence-electron chi connectivity index (χ3n) is 5.73. The Morgan fingerprint density at radius 1 is 0.963 bits per heavy atom. The van der Waals surface area contributed by atoms with Crippen LogP contribution >= 0.6 is 0 Å². The van der Waals surface area contributed by atoms with Gasteiger partial charge < -0.3 is 10.2 Å². The number of benzene rings is 2. The van der Waals surface area contributed by atoms with E-state index in [1.807, 2.05) is 12.1 Å². The molecule has 0 amide bonds. The van der Waals surface area contributed by atoms with Crippen LogP contribution in [0.25, 0.3) is 6.08 Å². The molecular weight excluding hydrogens is 332 g/mol. The van der Waals surface area contributed by atoms with Gasteiger partial charge in [-0.1, -0.05) is 75.7 Å². The molecule has 2 nitrogen and oxygen atoms in total. The Kier molecular flexibility index (Phi) is 5.48. The van der Waals surface area contributed by atoms with Crippen LogP contribution in [0.5, 0.6) is 5.75 Å². The summed E-state index contributed by atoms with van der Waals surface area (Å²) in [5.41, 5.74) is 5.54. The van der Waals surface area contributed by atoms with Gasteiger partial charge >= 0.3 is 0 Å². The molecule has 1 saturated carbocycles. The standard InChI is InChI=1S/C25H32O2/c1-24(2)16-21(15-19-7-11-22(27)12-8-19)23(25(3,4)17-24)20-9-5-18(6-10-20)13-14-26/h5-12,15,23,26-27H,13-14,16-17H2,1-4H3. The fourth-order valence-electron chi connectivity index (χ4n) is 5.14. The fraction of sp³-hybridized carbons (Fsp3) is 0.440. The van der Waals surface area contributed by atoms with Crippen LogP contribution in [0.2, 0.25) is 0 Å². The molecule has 0 aromatic heterocycles. The van der Waals surface area contributed by atoms with E-state index in [1.165, 1.54) is 23.1 Å². The Morgan fingerprint density at radius 3 is 2.19 bits per heavy atom.